The fourth-order valence-corrected chi connectivity index (χ4v) is 1.87. The van der Waals surface area contributed by atoms with Crippen molar-refractivity contribution in [1.82, 2.24) is 10.3 Å². The van der Waals surface area contributed by atoms with E-state index < -0.39 is 0 Å². The summed E-state index contributed by atoms with van der Waals surface area (Å²) in [4.78, 5) is 13.6. The second-order valence-corrected chi connectivity index (χ2v) is 4.56. The average Bonchev–Trinajstić information content (AvgIpc) is 3.00. The van der Waals surface area contributed by atoms with E-state index in [-0.39, 0.29) is 5.91 Å². The Kier molecular flexibility index (Phi) is 5.05. The Bertz CT molecular complexity index is 204. The van der Waals surface area contributed by atoms with Gasteiger partial charge in [-0.05, 0) is 38.6 Å². The van der Waals surface area contributed by atoms with Gasteiger partial charge in [0.05, 0.1) is 0 Å². The van der Waals surface area contributed by atoms with E-state index in [1.54, 1.807) is 0 Å². The van der Waals surface area contributed by atoms with Crippen molar-refractivity contribution >= 4 is 5.91 Å². The van der Waals surface area contributed by atoms with Crippen LogP contribution in [0.3, 0.4) is 0 Å². The first-order valence-corrected chi connectivity index (χ1v) is 5.90. The molecule has 0 aromatic carbocycles. The highest BCUT2D eigenvalue weighted by Crippen LogP contribution is 2.30. The van der Waals surface area contributed by atoms with Crippen molar-refractivity contribution in [3.8, 4) is 0 Å². The van der Waals surface area contributed by atoms with E-state index in [2.05, 4.69) is 24.2 Å². The van der Waals surface area contributed by atoms with Gasteiger partial charge in [0.1, 0.15) is 0 Å². The van der Waals surface area contributed by atoms with Gasteiger partial charge in [-0.2, -0.15) is 0 Å². The molecule has 0 aromatic heterocycles. The Morgan fingerprint density at radius 1 is 1.60 bits per heavy atom. The summed E-state index contributed by atoms with van der Waals surface area (Å²) in [6, 6.07) is 0.300. The molecule has 4 nitrogen and oxygen atoms in total. The van der Waals surface area contributed by atoms with E-state index in [4.69, 9.17) is 5.84 Å². The van der Waals surface area contributed by atoms with Crippen LogP contribution in [0.25, 0.3) is 0 Å². The summed E-state index contributed by atoms with van der Waals surface area (Å²) in [7, 11) is 0. The van der Waals surface area contributed by atoms with Gasteiger partial charge in [-0.1, -0.05) is 6.92 Å². The third kappa shape index (κ3) is 4.62. The van der Waals surface area contributed by atoms with Gasteiger partial charge in [0.15, 0.2) is 0 Å². The molecule has 1 aliphatic carbocycles. The number of hydrogen-bond acceptors (Lipinski definition) is 3. The number of hydrazine groups is 1. The van der Waals surface area contributed by atoms with Crippen LogP contribution in [-0.2, 0) is 4.79 Å². The fraction of sp³-hybridized carbons (Fsp3) is 0.909. The lowest BCUT2D eigenvalue weighted by Crippen LogP contribution is -2.40. The van der Waals surface area contributed by atoms with Crippen LogP contribution in [0.5, 0.6) is 0 Å². The first kappa shape index (κ1) is 12.5. The smallest absolute Gasteiger partial charge is 0.235 e. The highest BCUT2D eigenvalue weighted by Gasteiger charge is 2.26. The molecule has 0 heterocycles. The first-order chi connectivity index (χ1) is 7.17. The lowest BCUT2D eigenvalue weighted by atomic mass is 10.1. The van der Waals surface area contributed by atoms with Crippen LogP contribution in [0.15, 0.2) is 0 Å². The molecule has 0 bridgehead atoms. The molecule has 0 radical (unpaired) electrons. The highest BCUT2D eigenvalue weighted by molar-refractivity contribution is 5.75. The largest absolute Gasteiger partial charge is 0.300 e. The number of rotatable bonds is 7. The van der Waals surface area contributed by atoms with E-state index >= 15 is 0 Å². The maximum Gasteiger partial charge on any atom is 0.235 e. The molecular weight excluding hydrogens is 190 g/mol. The van der Waals surface area contributed by atoms with Crippen LogP contribution in [0.4, 0.5) is 0 Å². The number of nitrogens with two attached hydrogens (primary N) is 1. The van der Waals surface area contributed by atoms with Crippen LogP contribution in [0.2, 0.25) is 0 Å². The summed E-state index contributed by atoms with van der Waals surface area (Å²) in [6.45, 7) is 6.51. The van der Waals surface area contributed by atoms with Crippen molar-refractivity contribution in [2.45, 2.75) is 45.6 Å². The molecule has 1 unspecified atom stereocenters. The van der Waals surface area contributed by atoms with Gasteiger partial charge in [-0.3, -0.25) is 15.1 Å². The van der Waals surface area contributed by atoms with Crippen molar-refractivity contribution in [3.05, 3.63) is 0 Å². The number of hydrogen-bond donors (Lipinski definition) is 2. The Morgan fingerprint density at radius 2 is 2.27 bits per heavy atom. The minimum atomic E-state index is -0.0700. The SMILES string of the molecule is CCCN(CC1CC1)C(C)CC(=O)NN. The van der Waals surface area contributed by atoms with Crippen LogP contribution in [0.1, 0.15) is 39.5 Å². The summed E-state index contributed by atoms with van der Waals surface area (Å²) in [6.07, 6.45) is 4.36. The molecule has 3 N–H and O–H groups in total. The number of carbonyl (C=O) groups is 1. The van der Waals surface area contributed by atoms with Crippen LogP contribution < -0.4 is 11.3 Å². The molecule has 0 spiro atoms. The van der Waals surface area contributed by atoms with E-state index in [1.807, 2.05) is 0 Å². The molecule has 1 amide bonds. The van der Waals surface area contributed by atoms with Crippen molar-refractivity contribution in [2.24, 2.45) is 11.8 Å². The summed E-state index contributed by atoms with van der Waals surface area (Å²) in [5.74, 6) is 5.89. The predicted molar refractivity (Wildman–Crippen MR) is 61.0 cm³/mol. The van der Waals surface area contributed by atoms with Crippen LogP contribution in [-0.4, -0.2) is 29.9 Å². The quantitative estimate of drug-likeness (QED) is 0.375. The average molecular weight is 213 g/mol. The summed E-state index contributed by atoms with van der Waals surface area (Å²) in [5, 5.41) is 0. The van der Waals surface area contributed by atoms with Crippen molar-refractivity contribution in [3.63, 3.8) is 0 Å². The van der Waals surface area contributed by atoms with Gasteiger partial charge in [0, 0.05) is 19.0 Å². The molecule has 0 aliphatic heterocycles. The van der Waals surface area contributed by atoms with Gasteiger partial charge in [0.2, 0.25) is 5.91 Å². The second kappa shape index (κ2) is 6.08. The molecule has 1 fully saturated rings. The Morgan fingerprint density at radius 3 is 2.73 bits per heavy atom. The third-order valence-electron chi connectivity index (χ3n) is 2.97. The molecule has 1 rings (SSSR count). The topological polar surface area (TPSA) is 58.4 Å². The predicted octanol–water partition coefficient (Wildman–Crippen LogP) is 0.877. The van der Waals surface area contributed by atoms with Crippen LogP contribution in [0, 0.1) is 5.92 Å². The molecule has 0 aromatic rings. The normalized spacial score (nSPS) is 17.9. The van der Waals surface area contributed by atoms with Gasteiger partial charge < -0.3 is 0 Å². The summed E-state index contributed by atoms with van der Waals surface area (Å²) < 4.78 is 0. The maximum atomic E-state index is 11.2. The second-order valence-electron chi connectivity index (χ2n) is 4.56. The lowest BCUT2D eigenvalue weighted by Gasteiger charge is -2.28. The zero-order chi connectivity index (χ0) is 11.3. The Balaban J connectivity index is 2.34. The minimum absolute atomic E-state index is 0.0700. The molecule has 1 atom stereocenters. The Hall–Kier alpha value is -0.610. The van der Waals surface area contributed by atoms with Crippen molar-refractivity contribution in [2.75, 3.05) is 13.1 Å². The van der Waals surface area contributed by atoms with Gasteiger partial charge in [-0.15, -0.1) is 0 Å². The van der Waals surface area contributed by atoms with Gasteiger partial charge in [0.25, 0.3) is 0 Å². The van der Waals surface area contributed by atoms with Gasteiger partial charge >= 0.3 is 0 Å². The number of nitrogens with zero attached hydrogens (tertiary/aromatic N) is 1. The van der Waals surface area contributed by atoms with E-state index in [0.29, 0.717) is 12.5 Å². The Labute approximate surface area is 92.2 Å². The zero-order valence-corrected chi connectivity index (χ0v) is 9.83. The van der Waals surface area contributed by atoms with Crippen molar-refractivity contribution in [1.29, 1.82) is 0 Å². The maximum absolute atomic E-state index is 11.2. The van der Waals surface area contributed by atoms with E-state index in [0.717, 1.165) is 25.4 Å². The molecule has 4 heteroatoms. The van der Waals surface area contributed by atoms with E-state index in [1.165, 1.54) is 12.8 Å². The van der Waals surface area contributed by atoms with E-state index in [9.17, 15) is 4.79 Å². The number of amides is 1. The van der Waals surface area contributed by atoms with Crippen molar-refractivity contribution < 1.29 is 4.79 Å². The third-order valence-corrected chi connectivity index (χ3v) is 2.97. The fourth-order valence-electron chi connectivity index (χ4n) is 1.87. The molecular formula is C11H23N3O. The zero-order valence-electron chi connectivity index (χ0n) is 9.83. The minimum Gasteiger partial charge on any atom is -0.300 e. The lowest BCUT2D eigenvalue weighted by molar-refractivity contribution is -0.122. The molecule has 0 saturated heterocycles. The van der Waals surface area contributed by atoms with Gasteiger partial charge in [-0.25, -0.2) is 5.84 Å². The standard InChI is InChI=1S/C11H23N3O/c1-3-6-14(8-10-4-5-10)9(2)7-11(15)13-12/h9-10H,3-8,12H2,1-2H3,(H,13,15). The number of carbonyl (C=O) groups excluding carboxylic acids is 1. The summed E-state index contributed by atoms with van der Waals surface area (Å²) in [5.41, 5.74) is 2.20. The monoisotopic (exact) mass is 213 g/mol. The van der Waals surface area contributed by atoms with Crippen LogP contribution >= 0.6 is 0 Å². The molecule has 15 heavy (non-hydrogen) atoms. The molecule has 1 aliphatic rings. The number of nitrogens with one attached hydrogen (secondary N) is 1. The molecule has 88 valence electrons. The molecule has 1 saturated carbocycles. The highest BCUT2D eigenvalue weighted by atomic mass is 16.2. The summed E-state index contributed by atoms with van der Waals surface area (Å²) >= 11 is 0. The first-order valence-electron chi connectivity index (χ1n) is 5.90.